The molecule has 1 saturated heterocycles. The van der Waals surface area contributed by atoms with Crippen molar-refractivity contribution in [3.8, 4) is 5.75 Å². The first kappa shape index (κ1) is 26.3. The number of guanidine groups is 1. The Morgan fingerprint density at radius 3 is 2.67 bits per heavy atom. The van der Waals surface area contributed by atoms with E-state index in [-0.39, 0.29) is 35.3 Å². The number of halogens is 1. The van der Waals surface area contributed by atoms with E-state index in [0.29, 0.717) is 19.1 Å². The predicted octanol–water partition coefficient (Wildman–Crippen LogP) is 3.00. The molecule has 1 aromatic carbocycles. The van der Waals surface area contributed by atoms with Crippen LogP contribution in [0.3, 0.4) is 0 Å². The highest BCUT2D eigenvalue weighted by atomic mass is 127. The molecule has 170 valence electrons. The van der Waals surface area contributed by atoms with Gasteiger partial charge < -0.3 is 25.6 Å². The highest BCUT2D eigenvalue weighted by Crippen LogP contribution is 2.29. The summed E-state index contributed by atoms with van der Waals surface area (Å²) in [5.41, 5.74) is 0.754. The van der Waals surface area contributed by atoms with Crippen molar-refractivity contribution >= 4 is 41.5 Å². The molecule has 3 N–H and O–H groups in total. The number of piperidine rings is 1. The molecule has 1 aliphatic heterocycles. The number of ether oxygens (including phenoxy) is 1. The molecular weight excluding hydrogens is 493 g/mol. The minimum Gasteiger partial charge on any atom is -0.495 e. The molecule has 7 nitrogen and oxygen atoms in total. The van der Waals surface area contributed by atoms with E-state index in [1.165, 1.54) is 0 Å². The smallest absolute Gasteiger partial charge is 0.225 e. The van der Waals surface area contributed by atoms with E-state index in [4.69, 9.17) is 4.74 Å². The molecule has 1 aliphatic rings. The van der Waals surface area contributed by atoms with E-state index >= 15 is 0 Å². The maximum absolute atomic E-state index is 12.0. The van der Waals surface area contributed by atoms with Gasteiger partial charge in [0, 0.05) is 37.6 Å². The number of carbonyl (C=O) groups excluding carboxylic acids is 1. The lowest BCUT2D eigenvalue weighted by Crippen LogP contribution is -2.51. The molecule has 1 aromatic rings. The number of benzene rings is 1. The summed E-state index contributed by atoms with van der Waals surface area (Å²) in [6, 6.07) is 8.46. The summed E-state index contributed by atoms with van der Waals surface area (Å²) in [4.78, 5) is 19.0. The van der Waals surface area contributed by atoms with Gasteiger partial charge >= 0.3 is 0 Å². The molecule has 0 aliphatic carbocycles. The lowest BCUT2D eigenvalue weighted by Gasteiger charge is -2.36. The Morgan fingerprint density at radius 1 is 1.27 bits per heavy atom. The van der Waals surface area contributed by atoms with E-state index in [9.17, 15) is 4.79 Å². The monoisotopic (exact) mass is 531 g/mol. The molecule has 0 aromatic heterocycles. The average Bonchev–Trinajstić information content (AvgIpc) is 2.70. The lowest BCUT2D eigenvalue weighted by atomic mass is 9.96. The second kappa shape index (κ2) is 12.9. The number of anilines is 1. The van der Waals surface area contributed by atoms with Gasteiger partial charge in [0.05, 0.1) is 19.3 Å². The highest BCUT2D eigenvalue weighted by Gasteiger charge is 2.23. The van der Waals surface area contributed by atoms with Crippen molar-refractivity contribution in [2.45, 2.75) is 46.6 Å². The largest absolute Gasteiger partial charge is 0.495 e. The molecule has 0 radical (unpaired) electrons. The zero-order chi connectivity index (χ0) is 21.3. The second-order valence-corrected chi connectivity index (χ2v) is 8.37. The topological polar surface area (TPSA) is 78.0 Å². The summed E-state index contributed by atoms with van der Waals surface area (Å²) >= 11 is 0. The third kappa shape index (κ3) is 8.20. The standard InChI is InChI=1S/C22H37N5O2.HI/c1-6-23-21(25-14-13-24-20(28)22(2,3)4)26-17-10-9-15-27(16-17)18-11-7-8-12-19(18)29-5;/h7-8,11-12,17H,6,9-10,13-16H2,1-5H3,(H,24,28)(H2,23,25,26);1H. The molecule has 1 amide bonds. The lowest BCUT2D eigenvalue weighted by molar-refractivity contribution is -0.128. The van der Waals surface area contributed by atoms with Crippen molar-refractivity contribution in [2.24, 2.45) is 10.4 Å². The second-order valence-electron chi connectivity index (χ2n) is 8.37. The van der Waals surface area contributed by atoms with Gasteiger partial charge in [0.1, 0.15) is 5.75 Å². The number of hydrogen-bond acceptors (Lipinski definition) is 4. The Bertz CT molecular complexity index is 690. The molecule has 1 heterocycles. The number of methoxy groups -OCH3 is 1. The number of para-hydroxylation sites is 2. The molecule has 0 saturated carbocycles. The van der Waals surface area contributed by atoms with Crippen molar-refractivity contribution in [3.05, 3.63) is 24.3 Å². The SMILES string of the molecule is CCNC(=NCCNC(=O)C(C)(C)C)NC1CCCN(c2ccccc2OC)C1.I. The van der Waals surface area contributed by atoms with Gasteiger partial charge in [0.25, 0.3) is 0 Å². The van der Waals surface area contributed by atoms with Gasteiger partial charge in [0.2, 0.25) is 5.91 Å². The van der Waals surface area contributed by atoms with E-state index in [1.54, 1.807) is 7.11 Å². The maximum atomic E-state index is 12.0. The van der Waals surface area contributed by atoms with Gasteiger partial charge in [-0.05, 0) is 31.9 Å². The van der Waals surface area contributed by atoms with Gasteiger partial charge in [-0.15, -0.1) is 24.0 Å². The first-order valence-electron chi connectivity index (χ1n) is 10.6. The molecule has 1 atom stereocenters. The van der Waals surface area contributed by atoms with Crippen molar-refractivity contribution < 1.29 is 9.53 Å². The first-order chi connectivity index (χ1) is 13.8. The van der Waals surface area contributed by atoms with E-state index in [2.05, 4.69) is 38.8 Å². The Hall–Kier alpha value is -1.71. The minimum absolute atomic E-state index is 0. The van der Waals surface area contributed by atoms with Crippen LogP contribution < -0.4 is 25.6 Å². The average molecular weight is 531 g/mol. The Morgan fingerprint density at radius 2 is 2.00 bits per heavy atom. The van der Waals surface area contributed by atoms with Crippen molar-refractivity contribution in [1.29, 1.82) is 0 Å². The highest BCUT2D eigenvalue weighted by molar-refractivity contribution is 14.0. The molecule has 0 spiro atoms. The van der Waals surface area contributed by atoms with Crippen LogP contribution in [0.15, 0.2) is 29.3 Å². The fourth-order valence-electron chi connectivity index (χ4n) is 3.32. The van der Waals surface area contributed by atoms with Crippen LogP contribution in [0, 0.1) is 5.41 Å². The van der Waals surface area contributed by atoms with Crippen molar-refractivity contribution in [3.63, 3.8) is 0 Å². The number of amides is 1. The molecule has 2 rings (SSSR count). The molecule has 1 fully saturated rings. The van der Waals surface area contributed by atoms with Gasteiger partial charge in [0.15, 0.2) is 5.96 Å². The fourth-order valence-corrected chi connectivity index (χ4v) is 3.32. The summed E-state index contributed by atoms with van der Waals surface area (Å²) in [5, 5.41) is 9.81. The number of nitrogens with zero attached hydrogens (tertiary/aromatic N) is 2. The summed E-state index contributed by atoms with van der Waals surface area (Å²) in [6.07, 6.45) is 2.20. The summed E-state index contributed by atoms with van der Waals surface area (Å²) in [7, 11) is 1.72. The first-order valence-corrected chi connectivity index (χ1v) is 10.6. The van der Waals surface area contributed by atoms with Crippen LogP contribution >= 0.6 is 24.0 Å². The summed E-state index contributed by atoms with van der Waals surface area (Å²) < 4.78 is 5.53. The number of hydrogen-bond donors (Lipinski definition) is 3. The van der Waals surface area contributed by atoms with Crippen molar-refractivity contribution in [2.75, 3.05) is 44.7 Å². The Labute approximate surface area is 198 Å². The van der Waals surface area contributed by atoms with Gasteiger partial charge in [-0.1, -0.05) is 32.9 Å². The van der Waals surface area contributed by atoms with Crippen LogP contribution in [0.4, 0.5) is 5.69 Å². The van der Waals surface area contributed by atoms with Crippen LogP contribution in [0.25, 0.3) is 0 Å². The van der Waals surface area contributed by atoms with Crippen LogP contribution in [0.1, 0.15) is 40.5 Å². The van der Waals surface area contributed by atoms with Crippen LogP contribution in [0.2, 0.25) is 0 Å². The molecule has 0 bridgehead atoms. The zero-order valence-corrected chi connectivity index (χ0v) is 21.3. The van der Waals surface area contributed by atoms with Gasteiger partial charge in [-0.25, -0.2) is 0 Å². The summed E-state index contributed by atoms with van der Waals surface area (Å²) in [6.45, 7) is 11.6. The molecule has 1 unspecified atom stereocenters. The number of rotatable bonds is 7. The number of carbonyl (C=O) groups is 1. The van der Waals surface area contributed by atoms with Gasteiger partial charge in [-0.2, -0.15) is 0 Å². The van der Waals surface area contributed by atoms with Crippen LogP contribution in [0.5, 0.6) is 5.75 Å². The number of nitrogens with one attached hydrogen (secondary N) is 3. The van der Waals surface area contributed by atoms with E-state index in [0.717, 1.165) is 49.9 Å². The predicted molar refractivity (Wildman–Crippen MR) is 135 cm³/mol. The fraction of sp³-hybridized carbons (Fsp3) is 0.636. The summed E-state index contributed by atoms with van der Waals surface area (Å²) in [5.74, 6) is 1.75. The number of aliphatic imine (C=N–C) groups is 1. The normalized spacial score (nSPS) is 17.0. The van der Waals surface area contributed by atoms with Crippen molar-refractivity contribution in [1.82, 2.24) is 16.0 Å². The maximum Gasteiger partial charge on any atom is 0.225 e. The van der Waals surface area contributed by atoms with Gasteiger partial charge in [-0.3, -0.25) is 9.79 Å². The van der Waals surface area contributed by atoms with Crippen LogP contribution in [-0.4, -0.2) is 57.7 Å². The van der Waals surface area contributed by atoms with Crippen LogP contribution in [-0.2, 0) is 4.79 Å². The third-order valence-corrected chi connectivity index (χ3v) is 4.88. The third-order valence-electron chi connectivity index (χ3n) is 4.88. The van der Waals surface area contributed by atoms with E-state index in [1.807, 2.05) is 39.0 Å². The molecular formula is C22H38IN5O2. The Kier molecular flexibility index (Phi) is 11.3. The Balaban J connectivity index is 0.00000450. The minimum atomic E-state index is -0.378. The molecule has 8 heteroatoms. The van der Waals surface area contributed by atoms with E-state index < -0.39 is 0 Å². The molecule has 30 heavy (non-hydrogen) atoms. The zero-order valence-electron chi connectivity index (χ0n) is 19.0. The quantitative estimate of drug-likeness (QED) is 0.218.